The van der Waals surface area contributed by atoms with Crippen LogP contribution in [0.1, 0.15) is 11.3 Å². The molecule has 0 N–H and O–H groups in total. The van der Waals surface area contributed by atoms with Gasteiger partial charge in [0, 0.05) is 18.3 Å². The second-order valence-corrected chi connectivity index (χ2v) is 5.59. The predicted molar refractivity (Wildman–Crippen MR) is 82.7 cm³/mol. The first kappa shape index (κ1) is 13.8. The van der Waals surface area contributed by atoms with Crippen molar-refractivity contribution in [2.24, 2.45) is 0 Å². The normalized spacial score (nSPS) is 11.5. The molecule has 108 valence electrons. The molecule has 0 fully saturated rings. The molecule has 0 aliphatic rings. The molecule has 0 amide bonds. The van der Waals surface area contributed by atoms with E-state index in [2.05, 4.69) is 28.5 Å². The molecule has 3 rings (SSSR count). The Morgan fingerprint density at radius 1 is 1.10 bits per heavy atom. The third-order valence-electron chi connectivity index (χ3n) is 3.45. The zero-order valence-electron chi connectivity index (χ0n) is 12.5. The lowest BCUT2D eigenvalue weighted by molar-refractivity contribution is 0.396. The average Bonchev–Trinajstić information content (AvgIpc) is 2.77. The molecule has 2 heterocycles. The van der Waals surface area contributed by atoms with E-state index in [9.17, 15) is 4.39 Å². The van der Waals surface area contributed by atoms with Crippen LogP contribution < -0.4 is 0 Å². The number of hydrogen-bond donors (Lipinski definition) is 0. The summed E-state index contributed by atoms with van der Waals surface area (Å²) in [7, 11) is 4.06. The van der Waals surface area contributed by atoms with Crippen LogP contribution in [0.5, 0.6) is 0 Å². The van der Waals surface area contributed by atoms with E-state index >= 15 is 0 Å². The molecule has 0 saturated heterocycles. The molecule has 1 aromatic carbocycles. The molecule has 0 radical (unpaired) electrons. The maximum Gasteiger partial charge on any atom is 0.137 e. The van der Waals surface area contributed by atoms with Gasteiger partial charge in [0.2, 0.25) is 0 Å². The first-order valence-corrected chi connectivity index (χ1v) is 6.93. The zero-order valence-corrected chi connectivity index (χ0v) is 12.5. The summed E-state index contributed by atoms with van der Waals surface area (Å²) in [5.74, 6) is -0.229. The molecule has 3 aromatic rings. The van der Waals surface area contributed by atoms with Gasteiger partial charge in [-0.1, -0.05) is 6.07 Å². The quantitative estimate of drug-likeness (QED) is 0.733. The van der Waals surface area contributed by atoms with Gasteiger partial charge in [0.25, 0.3) is 0 Å². The average molecular weight is 283 g/mol. The predicted octanol–water partition coefficient (Wildman–Crippen LogP) is 3.51. The van der Waals surface area contributed by atoms with Crippen LogP contribution in [0.15, 0.2) is 42.6 Å². The van der Waals surface area contributed by atoms with E-state index in [-0.39, 0.29) is 5.82 Å². The highest BCUT2D eigenvalue weighted by molar-refractivity contribution is 5.66. The van der Waals surface area contributed by atoms with Gasteiger partial charge in [-0.25, -0.2) is 9.37 Å². The van der Waals surface area contributed by atoms with Crippen LogP contribution in [-0.2, 0) is 6.54 Å². The van der Waals surface area contributed by atoms with E-state index < -0.39 is 0 Å². The van der Waals surface area contributed by atoms with Gasteiger partial charge in [-0.2, -0.15) is 0 Å². The monoisotopic (exact) mass is 283 g/mol. The summed E-state index contributed by atoms with van der Waals surface area (Å²) in [6.07, 6.45) is 2.09. The molecule has 0 unspecified atom stereocenters. The second-order valence-electron chi connectivity index (χ2n) is 5.59. The van der Waals surface area contributed by atoms with E-state index in [1.54, 1.807) is 12.1 Å². The third-order valence-corrected chi connectivity index (χ3v) is 3.45. The first-order valence-electron chi connectivity index (χ1n) is 6.93. The number of imidazole rings is 1. The largest absolute Gasteiger partial charge is 0.304 e. The van der Waals surface area contributed by atoms with Crippen molar-refractivity contribution in [1.82, 2.24) is 14.3 Å². The van der Waals surface area contributed by atoms with Crippen molar-refractivity contribution in [3.05, 3.63) is 59.7 Å². The van der Waals surface area contributed by atoms with Gasteiger partial charge in [0.15, 0.2) is 0 Å². The van der Waals surface area contributed by atoms with Crippen LogP contribution in [-0.4, -0.2) is 28.4 Å². The van der Waals surface area contributed by atoms with E-state index in [4.69, 9.17) is 4.98 Å². The molecular weight excluding hydrogens is 265 g/mol. The highest BCUT2D eigenvalue weighted by Crippen LogP contribution is 2.26. The fourth-order valence-corrected chi connectivity index (χ4v) is 2.49. The lowest BCUT2D eigenvalue weighted by Crippen LogP contribution is -2.13. The molecule has 21 heavy (non-hydrogen) atoms. The number of benzene rings is 1. The maximum absolute atomic E-state index is 13.1. The summed E-state index contributed by atoms with van der Waals surface area (Å²) in [6, 6.07) is 10.6. The number of aromatic nitrogens is 2. The van der Waals surface area contributed by atoms with Gasteiger partial charge in [0.1, 0.15) is 11.5 Å². The van der Waals surface area contributed by atoms with Crippen LogP contribution in [0.3, 0.4) is 0 Å². The maximum atomic E-state index is 13.1. The van der Waals surface area contributed by atoms with E-state index in [1.165, 1.54) is 17.7 Å². The van der Waals surface area contributed by atoms with Crippen molar-refractivity contribution < 1.29 is 4.39 Å². The molecule has 2 aromatic heterocycles. The number of nitrogens with zero attached hydrogens (tertiary/aromatic N) is 3. The molecule has 3 nitrogen and oxygen atoms in total. The molecule has 0 aliphatic heterocycles. The first-order chi connectivity index (χ1) is 10.0. The summed E-state index contributed by atoms with van der Waals surface area (Å²) >= 11 is 0. The van der Waals surface area contributed by atoms with Gasteiger partial charge in [-0.3, -0.25) is 0 Å². The number of aryl methyl sites for hydroxylation is 1. The van der Waals surface area contributed by atoms with Gasteiger partial charge in [-0.15, -0.1) is 0 Å². The molecule has 0 bridgehead atoms. The van der Waals surface area contributed by atoms with Crippen LogP contribution in [0, 0.1) is 12.7 Å². The Hall–Kier alpha value is -2.20. The lowest BCUT2D eigenvalue weighted by atomic mass is 10.1. The summed E-state index contributed by atoms with van der Waals surface area (Å²) in [4.78, 5) is 6.83. The van der Waals surface area contributed by atoms with Crippen LogP contribution in [0.4, 0.5) is 4.39 Å². The summed E-state index contributed by atoms with van der Waals surface area (Å²) in [5, 5.41) is 0. The minimum atomic E-state index is -0.229. The molecule has 0 aliphatic carbocycles. The van der Waals surface area contributed by atoms with Gasteiger partial charge in [0.05, 0.1) is 11.4 Å². The third kappa shape index (κ3) is 2.67. The Kier molecular flexibility index (Phi) is 3.47. The smallest absolute Gasteiger partial charge is 0.137 e. The highest BCUT2D eigenvalue weighted by atomic mass is 19.1. The molecule has 0 saturated carbocycles. The second kappa shape index (κ2) is 5.30. The van der Waals surface area contributed by atoms with Crippen molar-refractivity contribution in [2.75, 3.05) is 14.1 Å². The van der Waals surface area contributed by atoms with E-state index in [0.29, 0.717) is 0 Å². The fraction of sp³-hybridized carbons (Fsp3) is 0.235. The van der Waals surface area contributed by atoms with Crippen LogP contribution in [0.25, 0.3) is 16.9 Å². The Bertz CT molecular complexity index is 773. The van der Waals surface area contributed by atoms with Gasteiger partial charge >= 0.3 is 0 Å². The van der Waals surface area contributed by atoms with Crippen molar-refractivity contribution in [2.45, 2.75) is 13.5 Å². The number of fused-ring (bicyclic) bond motifs is 1. The Labute approximate surface area is 123 Å². The SMILES string of the molecule is Cc1ccc2nc(-c3ccc(F)cc3)c(CN(C)C)n2c1. The standard InChI is InChI=1S/C17H18FN3/c1-12-4-9-16-19-17(13-5-7-14(18)8-6-13)15(11-20(2)3)21(16)10-12/h4-10H,11H2,1-3H3. The molecule has 0 spiro atoms. The van der Waals surface area contributed by atoms with Gasteiger partial charge in [-0.05, 0) is 56.9 Å². The van der Waals surface area contributed by atoms with Crippen molar-refractivity contribution >= 4 is 5.65 Å². The fourth-order valence-electron chi connectivity index (χ4n) is 2.49. The number of hydrogen-bond acceptors (Lipinski definition) is 2. The zero-order chi connectivity index (χ0) is 15.0. The summed E-state index contributed by atoms with van der Waals surface area (Å²) in [5.41, 5.74) is 5.07. The van der Waals surface area contributed by atoms with Crippen LogP contribution >= 0.6 is 0 Å². The minimum absolute atomic E-state index is 0.229. The van der Waals surface area contributed by atoms with E-state index in [1.807, 2.05) is 20.2 Å². The lowest BCUT2D eigenvalue weighted by Gasteiger charge is -2.11. The van der Waals surface area contributed by atoms with Gasteiger partial charge < -0.3 is 9.30 Å². The summed E-state index contributed by atoms with van der Waals surface area (Å²) < 4.78 is 15.3. The van der Waals surface area contributed by atoms with Crippen LogP contribution in [0.2, 0.25) is 0 Å². The van der Waals surface area contributed by atoms with E-state index in [0.717, 1.165) is 29.1 Å². The van der Waals surface area contributed by atoms with Crippen molar-refractivity contribution in [1.29, 1.82) is 0 Å². The summed E-state index contributed by atoms with van der Waals surface area (Å²) in [6.45, 7) is 2.84. The Morgan fingerprint density at radius 2 is 1.81 bits per heavy atom. The number of pyridine rings is 1. The number of rotatable bonds is 3. The highest BCUT2D eigenvalue weighted by Gasteiger charge is 2.14. The molecular formula is C17H18FN3. The number of halogens is 1. The van der Waals surface area contributed by atoms with Crippen molar-refractivity contribution in [3.8, 4) is 11.3 Å². The Balaban J connectivity index is 2.22. The van der Waals surface area contributed by atoms with Crippen molar-refractivity contribution in [3.63, 3.8) is 0 Å². The minimum Gasteiger partial charge on any atom is -0.304 e. The molecule has 0 atom stereocenters. The topological polar surface area (TPSA) is 20.5 Å². The molecule has 4 heteroatoms. The Morgan fingerprint density at radius 3 is 2.48 bits per heavy atom.